The zero-order valence-corrected chi connectivity index (χ0v) is 8.20. The van der Waals surface area contributed by atoms with E-state index in [-0.39, 0.29) is 0 Å². The van der Waals surface area contributed by atoms with Crippen molar-refractivity contribution >= 4 is 5.95 Å². The van der Waals surface area contributed by atoms with Gasteiger partial charge in [-0.25, -0.2) is 9.97 Å². The minimum absolute atomic E-state index is 0.609. The molecular formula is C10H14N4. The third-order valence-corrected chi connectivity index (χ3v) is 3.18. The number of nitrogens with one attached hydrogen (secondary N) is 2. The number of fused-ring (bicyclic) bond motifs is 1. The molecule has 74 valence electrons. The molecule has 2 fully saturated rings. The van der Waals surface area contributed by atoms with E-state index in [1.54, 1.807) is 6.20 Å². The van der Waals surface area contributed by atoms with E-state index in [4.69, 9.17) is 0 Å². The van der Waals surface area contributed by atoms with Gasteiger partial charge in [-0.15, -0.1) is 0 Å². The van der Waals surface area contributed by atoms with Crippen molar-refractivity contribution < 1.29 is 0 Å². The molecule has 4 nitrogen and oxygen atoms in total. The van der Waals surface area contributed by atoms with Crippen LogP contribution < -0.4 is 10.6 Å². The fraction of sp³-hybridized carbons (Fsp3) is 0.600. The number of aromatic nitrogens is 2. The van der Waals surface area contributed by atoms with E-state index < -0.39 is 0 Å². The molecule has 1 saturated heterocycles. The molecule has 0 aromatic carbocycles. The highest BCUT2D eigenvalue weighted by atomic mass is 15.2. The van der Waals surface area contributed by atoms with Gasteiger partial charge in [0.25, 0.3) is 0 Å². The van der Waals surface area contributed by atoms with Gasteiger partial charge < -0.3 is 10.6 Å². The van der Waals surface area contributed by atoms with Crippen molar-refractivity contribution in [1.82, 2.24) is 15.3 Å². The van der Waals surface area contributed by atoms with Gasteiger partial charge in [-0.05, 0) is 24.8 Å². The van der Waals surface area contributed by atoms with E-state index in [1.165, 1.54) is 0 Å². The Balaban J connectivity index is 1.68. The van der Waals surface area contributed by atoms with Crippen LogP contribution in [-0.2, 0) is 0 Å². The van der Waals surface area contributed by atoms with E-state index in [1.807, 2.05) is 13.0 Å². The Morgan fingerprint density at radius 3 is 2.93 bits per heavy atom. The summed E-state index contributed by atoms with van der Waals surface area (Å²) in [5.41, 5.74) is 1.02. The van der Waals surface area contributed by atoms with Crippen molar-refractivity contribution in [2.45, 2.75) is 13.0 Å². The highest BCUT2D eigenvalue weighted by Gasteiger charge is 2.53. The molecule has 1 aliphatic heterocycles. The second-order valence-corrected chi connectivity index (χ2v) is 4.18. The number of hydrogen-bond acceptors (Lipinski definition) is 4. The molecule has 2 N–H and O–H groups in total. The summed E-state index contributed by atoms with van der Waals surface area (Å²) in [5.74, 6) is 2.39. The zero-order valence-electron chi connectivity index (χ0n) is 8.20. The molecule has 2 heterocycles. The SMILES string of the molecule is Cc1ccnc(NC2[C@H]3CNC[C@@H]23)n1. The average Bonchev–Trinajstić information content (AvgIpc) is 2.62. The molecule has 1 saturated carbocycles. The van der Waals surface area contributed by atoms with Crippen LogP contribution in [0.1, 0.15) is 5.69 Å². The van der Waals surface area contributed by atoms with Gasteiger partial charge in [0.2, 0.25) is 5.95 Å². The van der Waals surface area contributed by atoms with Crippen LogP contribution >= 0.6 is 0 Å². The van der Waals surface area contributed by atoms with Gasteiger partial charge in [0.1, 0.15) is 0 Å². The summed E-state index contributed by atoms with van der Waals surface area (Å²) in [4.78, 5) is 8.54. The standard InChI is InChI=1S/C10H14N4/c1-6-2-3-12-10(13-6)14-9-7-4-11-5-8(7)9/h2-3,7-9,11H,4-5H2,1H3,(H,12,13,14)/t7-,8+,9?. The first-order valence-electron chi connectivity index (χ1n) is 5.11. The first kappa shape index (κ1) is 8.17. The molecule has 1 unspecified atom stereocenters. The molecule has 0 bridgehead atoms. The normalized spacial score (nSPS) is 33.9. The van der Waals surface area contributed by atoms with E-state index in [2.05, 4.69) is 20.6 Å². The second-order valence-electron chi connectivity index (χ2n) is 4.18. The molecule has 0 spiro atoms. The lowest BCUT2D eigenvalue weighted by Crippen LogP contribution is -2.22. The Hall–Kier alpha value is -1.16. The fourth-order valence-electron chi connectivity index (χ4n) is 2.30. The van der Waals surface area contributed by atoms with Gasteiger partial charge in [0, 0.05) is 31.0 Å². The average molecular weight is 190 g/mol. The summed E-state index contributed by atoms with van der Waals surface area (Å²) in [6.45, 7) is 4.28. The predicted molar refractivity (Wildman–Crippen MR) is 54.0 cm³/mol. The number of piperidine rings is 1. The summed E-state index contributed by atoms with van der Waals surface area (Å²) in [6.07, 6.45) is 1.81. The lowest BCUT2D eigenvalue weighted by atomic mass is 10.4. The Bertz CT molecular complexity index is 342. The minimum atomic E-state index is 0.609. The molecule has 4 heteroatoms. The van der Waals surface area contributed by atoms with Crippen LogP contribution in [0.2, 0.25) is 0 Å². The predicted octanol–water partition coefficient (Wildman–Crippen LogP) is 0.415. The number of anilines is 1. The van der Waals surface area contributed by atoms with Crippen LogP contribution in [0.25, 0.3) is 0 Å². The monoisotopic (exact) mass is 190 g/mol. The maximum Gasteiger partial charge on any atom is 0.223 e. The number of hydrogen-bond donors (Lipinski definition) is 2. The minimum Gasteiger partial charge on any atom is -0.351 e. The van der Waals surface area contributed by atoms with Gasteiger partial charge in [-0.1, -0.05) is 0 Å². The highest BCUT2D eigenvalue weighted by molar-refractivity contribution is 5.32. The first-order valence-corrected chi connectivity index (χ1v) is 5.11. The van der Waals surface area contributed by atoms with Gasteiger partial charge in [-0.2, -0.15) is 0 Å². The molecular weight excluding hydrogens is 176 g/mol. The maximum absolute atomic E-state index is 4.34. The second kappa shape index (κ2) is 2.92. The van der Waals surface area contributed by atoms with E-state index >= 15 is 0 Å². The summed E-state index contributed by atoms with van der Waals surface area (Å²) >= 11 is 0. The summed E-state index contributed by atoms with van der Waals surface area (Å²) in [6, 6.07) is 2.53. The van der Waals surface area contributed by atoms with Gasteiger partial charge >= 0.3 is 0 Å². The molecule has 1 aromatic heterocycles. The summed E-state index contributed by atoms with van der Waals surface area (Å²) in [7, 11) is 0. The van der Waals surface area contributed by atoms with Crippen LogP contribution in [0.5, 0.6) is 0 Å². The van der Waals surface area contributed by atoms with Crippen LogP contribution in [-0.4, -0.2) is 29.1 Å². The van der Waals surface area contributed by atoms with Crippen molar-refractivity contribution in [2.75, 3.05) is 18.4 Å². The molecule has 3 atom stereocenters. The summed E-state index contributed by atoms with van der Waals surface area (Å²) in [5, 5.41) is 6.76. The number of aryl methyl sites for hydroxylation is 1. The van der Waals surface area contributed by atoms with Crippen LogP contribution in [0, 0.1) is 18.8 Å². The fourth-order valence-corrected chi connectivity index (χ4v) is 2.30. The van der Waals surface area contributed by atoms with E-state index in [0.29, 0.717) is 6.04 Å². The van der Waals surface area contributed by atoms with Gasteiger partial charge in [0.05, 0.1) is 0 Å². The topological polar surface area (TPSA) is 49.8 Å². The van der Waals surface area contributed by atoms with Gasteiger partial charge in [0.15, 0.2) is 0 Å². The molecule has 14 heavy (non-hydrogen) atoms. The molecule has 0 radical (unpaired) electrons. The number of nitrogens with zero attached hydrogens (tertiary/aromatic N) is 2. The van der Waals surface area contributed by atoms with Crippen LogP contribution in [0.3, 0.4) is 0 Å². The smallest absolute Gasteiger partial charge is 0.223 e. The molecule has 2 aliphatic rings. The van der Waals surface area contributed by atoms with Crippen LogP contribution in [0.15, 0.2) is 12.3 Å². The van der Waals surface area contributed by atoms with Crippen molar-refractivity contribution in [3.8, 4) is 0 Å². The Morgan fingerprint density at radius 2 is 2.21 bits per heavy atom. The first-order chi connectivity index (χ1) is 6.84. The largest absolute Gasteiger partial charge is 0.351 e. The lowest BCUT2D eigenvalue weighted by molar-refractivity contribution is 0.693. The molecule has 1 aromatic rings. The Labute approximate surface area is 83.1 Å². The summed E-state index contributed by atoms with van der Waals surface area (Å²) < 4.78 is 0. The Kier molecular flexibility index (Phi) is 1.70. The van der Waals surface area contributed by atoms with Crippen LogP contribution in [0.4, 0.5) is 5.95 Å². The van der Waals surface area contributed by atoms with Crippen molar-refractivity contribution in [2.24, 2.45) is 11.8 Å². The molecule has 1 aliphatic carbocycles. The van der Waals surface area contributed by atoms with E-state index in [0.717, 1.165) is 36.6 Å². The highest BCUT2D eigenvalue weighted by Crippen LogP contribution is 2.43. The Morgan fingerprint density at radius 1 is 1.43 bits per heavy atom. The van der Waals surface area contributed by atoms with E-state index in [9.17, 15) is 0 Å². The van der Waals surface area contributed by atoms with Crippen molar-refractivity contribution in [3.63, 3.8) is 0 Å². The maximum atomic E-state index is 4.34. The van der Waals surface area contributed by atoms with Crippen molar-refractivity contribution in [3.05, 3.63) is 18.0 Å². The molecule has 3 rings (SSSR count). The number of rotatable bonds is 2. The quantitative estimate of drug-likeness (QED) is 0.709. The van der Waals surface area contributed by atoms with Crippen molar-refractivity contribution in [1.29, 1.82) is 0 Å². The molecule has 0 amide bonds. The third kappa shape index (κ3) is 1.26. The van der Waals surface area contributed by atoms with Gasteiger partial charge in [-0.3, -0.25) is 0 Å². The lowest BCUT2D eigenvalue weighted by Gasteiger charge is -2.07. The zero-order chi connectivity index (χ0) is 9.54. The third-order valence-electron chi connectivity index (χ3n) is 3.18.